The summed E-state index contributed by atoms with van der Waals surface area (Å²) in [6.45, 7) is 11.0. The summed E-state index contributed by atoms with van der Waals surface area (Å²) < 4.78 is 2.74. The van der Waals surface area contributed by atoms with E-state index >= 15 is 0 Å². The zero-order valence-electron chi connectivity index (χ0n) is 20.7. The molecule has 0 bridgehead atoms. The van der Waals surface area contributed by atoms with Crippen molar-refractivity contribution in [2.75, 3.05) is 6.54 Å². The number of hydroxylamine groups is 1. The third-order valence-corrected chi connectivity index (χ3v) is 6.65. The van der Waals surface area contributed by atoms with Gasteiger partial charge in [-0.1, -0.05) is 27.7 Å². The Bertz CT molecular complexity index is 1160. The van der Waals surface area contributed by atoms with Crippen LogP contribution in [-0.2, 0) is 6.54 Å². The van der Waals surface area contributed by atoms with Crippen molar-refractivity contribution in [3.05, 3.63) is 38.6 Å². The largest absolute Gasteiger partial charge is 0.608 e. The predicted octanol–water partition coefficient (Wildman–Crippen LogP) is 1.45. The molecular weight excluding hydrogens is 436 g/mol. The maximum Gasteiger partial charge on any atom is 0.270 e. The lowest BCUT2D eigenvalue weighted by molar-refractivity contribution is -0.927. The van der Waals surface area contributed by atoms with Crippen LogP contribution in [0.5, 0.6) is 5.88 Å². The molecule has 1 saturated heterocycles. The summed E-state index contributed by atoms with van der Waals surface area (Å²) in [6, 6.07) is 0.266. The molecule has 10 heteroatoms. The van der Waals surface area contributed by atoms with Gasteiger partial charge in [0.25, 0.3) is 11.5 Å². The monoisotopic (exact) mass is 472 g/mol. The van der Waals surface area contributed by atoms with E-state index in [1.807, 2.05) is 18.9 Å². The van der Waals surface area contributed by atoms with Crippen molar-refractivity contribution in [1.29, 1.82) is 0 Å². The van der Waals surface area contributed by atoms with E-state index in [2.05, 4.69) is 24.3 Å². The SMILES string of the molecule is Cc1nn2c(O)c(C(=O)NC3CC3)c(=O)n(CC(C)C)c2c1/C=C/[NH+]([O-])N1CCC[C@H]1C(C)C. The molecule has 2 atom stereocenters. The minimum atomic E-state index is -0.585. The van der Waals surface area contributed by atoms with Crippen molar-refractivity contribution in [1.82, 2.24) is 24.5 Å². The normalized spacial score (nSPS) is 20.3. The lowest BCUT2D eigenvalue weighted by Gasteiger charge is -2.33. The van der Waals surface area contributed by atoms with Gasteiger partial charge in [0.1, 0.15) is 11.8 Å². The van der Waals surface area contributed by atoms with Gasteiger partial charge in [-0.15, -0.1) is 5.01 Å². The van der Waals surface area contributed by atoms with Crippen molar-refractivity contribution in [3.63, 3.8) is 0 Å². The molecule has 2 fully saturated rings. The Morgan fingerprint density at radius 1 is 1.29 bits per heavy atom. The fourth-order valence-corrected chi connectivity index (χ4v) is 4.79. The maximum atomic E-state index is 13.4. The maximum absolute atomic E-state index is 13.4. The Morgan fingerprint density at radius 2 is 2.00 bits per heavy atom. The van der Waals surface area contributed by atoms with Crippen LogP contribution in [0.25, 0.3) is 11.7 Å². The van der Waals surface area contributed by atoms with Crippen molar-refractivity contribution >= 4 is 17.6 Å². The molecule has 2 aromatic heterocycles. The van der Waals surface area contributed by atoms with E-state index in [0.29, 0.717) is 29.4 Å². The number of amides is 1. The lowest BCUT2D eigenvalue weighted by Crippen LogP contribution is -3.10. The highest BCUT2D eigenvalue weighted by Crippen LogP contribution is 2.25. The second-order valence-corrected chi connectivity index (χ2v) is 10.3. The van der Waals surface area contributed by atoms with Gasteiger partial charge in [0.2, 0.25) is 5.88 Å². The molecule has 3 heterocycles. The number of hydrogen-bond acceptors (Lipinski definition) is 6. The highest BCUT2D eigenvalue weighted by atomic mass is 16.5. The Kier molecular flexibility index (Phi) is 6.84. The van der Waals surface area contributed by atoms with E-state index in [0.717, 1.165) is 32.2 Å². The number of nitrogens with one attached hydrogen (secondary N) is 2. The van der Waals surface area contributed by atoms with Gasteiger partial charge >= 0.3 is 0 Å². The van der Waals surface area contributed by atoms with Crippen LogP contribution in [0.1, 0.15) is 75.0 Å². The van der Waals surface area contributed by atoms with E-state index in [1.54, 1.807) is 13.0 Å². The third-order valence-electron chi connectivity index (χ3n) is 6.65. The standard InChI is InChI=1S/C24H36N6O4/c1-14(2)13-27-22-18(10-12-29(34)28-11-6-7-19(28)15(3)4)16(5)26-30(22)24(33)20(23(27)32)21(31)25-17-8-9-17/h10,12,14-15,17,19,29,33H,6-9,11,13H2,1-5H3,(H,25,31)/b12-10+/t19-/m0/s1. The number of aromatic hydroxyl groups is 1. The molecule has 1 unspecified atom stereocenters. The van der Waals surface area contributed by atoms with Crippen LogP contribution in [0.15, 0.2) is 11.0 Å². The van der Waals surface area contributed by atoms with Gasteiger partial charge < -0.3 is 15.6 Å². The molecule has 3 N–H and O–H groups in total. The molecule has 1 aliphatic heterocycles. The Labute approximate surface area is 199 Å². The van der Waals surface area contributed by atoms with E-state index < -0.39 is 17.3 Å². The minimum absolute atomic E-state index is 0.0460. The number of fused-ring (bicyclic) bond motifs is 1. The highest BCUT2D eigenvalue weighted by Gasteiger charge is 2.32. The number of carbonyl (C=O) groups is 1. The van der Waals surface area contributed by atoms with Gasteiger partial charge in [-0.2, -0.15) is 9.61 Å². The average molecular weight is 473 g/mol. The first kappa shape index (κ1) is 24.4. The Balaban J connectivity index is 1.78. The molecular formula is C24H36N6O4. The Hall–Kier alpha value is -2.69. The number of quaternary nitrogens is 1. The van der Waals surface area contributed by atoms with E-state index in [1.165, 1.54) is 15.3 Å². The van der Waals surface area contributed by atoms with Crippen LogP contribution in [0, 0.1) is 24.0 Å². The van der Waals surface area contributed by atoms with Gasteiger partial charge in [0, 0.05) is 30.8 Å². The fourth-order valence-electron chi connectivity index (χ4n) is 4.79. The van der Waals surface area contributed by atoms with E-state index in [-0.39, 0.29) is 28.7 Å². The second kappa shape index (κ2) is 9.52. The van der Waals surface area contributed by atoms with Crippen molar-refractivity contribution < 1.29 is 15.1 Å². The smallest absolute Gasteiger partial charge is 0.270 e. The lowest BCUT2D eigenvalue weighted by atomic mass is 10.0. The Morgan fingerprint density at radius 3 is 2.62 bits per heavy atom. The summed E-state index contributed by atoms with van der Waals surface area (Å²) in [7, 11) is 0. The average Bonchev–Trinajstić information content (AvgIpc) is 3.31. The van der Waals surface area contributed by atoms with Gasteiger partial charge in [-0.3, -0.25) is 19.3 Å². The number of rotatable bonds is 8. The second-order valence-electron chi connectivity index (χ2n) is 10.3. The molecule has 34 heavy (non-hydrogen) atoms. The summed E-state index contributed by atoms with van der Waals surface area (Å²) in [4.78, 5) is 26.2. The zero-order chi connectivity index (χ0) is 24.7. The van der Waals surface area contributed by atoms with Crippen LogP contribution in [0.2, 0.25) is 0 Å². The summed E-state index contributed by atoms with van der Waals surface area (Å²) in [5.74, 6) is -0.576. The summed E-state index contributed by atoms with van der Waals surface area (Å²) in [6.07, 6.45) is 6.93. The molecule has 10 nitrogen and oxygen atoms in total. The molecule has 0 spiro atoms. The van der Waals surface area contributed by atoms with Crippen LogP contribution in [0.4, 0.5) is 0 Å². The quantitative estimate of drug-likeness (QED) is 0.501. The fraction of sp³-hybridized carbons (Fsp3) is 0.625. The number of aromatic nitrogens is 3. The highest BCUT2D eigenvalue weighted by molar-refractivity contribution is 5.96. The van der Waals surface area contributed by atoms with Gasteiger partial charge in [-0.25, -0.2) is 0 Å². The van der Waals surface area contributed by atoms with Crippen LogP contribution in [0.3, 0.4) is 0 Å². The molecule has 2 aromatic rings. The summed E-state index contributed by atoms with van der Waals surface area (Å²) in [5, 5.41) is 32.9. The predicted molar refractivity (Wildman–Crippen MR) is 129 cm³/mol. The van der Waals surface area contributed by atoms with Gasteiger partial charge in [-0.05, 0) is 44.4 Å². The number of nitrogens with zero attached hydrogens (tertiary/aromatic N) is 4. The topological polar surface area (TPSA) is 119 Å². The van der Waals surface area contributed by atoms with Crippen LogP contribution < -0.4 is 16.0 Å². The first-order valence-corrected chi connectivity index (χ1v) is 12.2. The van der Waals surface area contributed by atoms with E-state index in [9.17, 15) is 19.9 Å². The summed E-state index contributed by atoms with van der Waals surface area (Å²) in [5.41, 5.74) is 0.652. The van der Waals surface area contributed by atoms with Crippen LogP contribution >= 0.6 is 0 Å². The molecule has 0 aromatic carbocycles. The molecule has 2 aliphatic rings. The molecule has 186 valence electrons. The molecule has 1 amide bonds. The molecule has 4 rings (SSSR count). The van der Waals surface area contributed by atoms with Gasteiger partial charge in [0.05, 0.1) is 11.7 Å². The molecule has 0 radical (unpaired) electrons. The first-order chi connectivity index (χ1) is 16.1. The van der Waals surface area contributed by atoms with Crippen molar-refractivity contribution in [2.45, 2.75) is 78.9 Å². The minimum Gasteiger partial charge on any atom is -0.608 e. The summed E-state index contributed by atoms with van der Waals surface area (Å²) >= 11 is 0. The third kappa shape index (κ3) is 4.62. The zero-order valence-corrected chi connectivity index (χ0v) is 20.7. The number of hydrogen-bond donors (Lipinski definition) is 3. The van der Waals surface area contributed by atoms with E-state index in [4.69, 9.17) is 0 Å². The van der Waals surface area contributed by atoms with Crippen molar-refractivity contribution in [3.8, 4) is 5.88 Å². The first-order valence-electron chi connectivity index (χ1n) is 12.2. The number of carbonyl (C=O) groups excluding carboxylic acids is 1. The van der Waals surface area contributed by atoms with Gasteiger partial charge in [0.15, 0.2) is 5.56 Å². The van der Waals surface area contributed by atoms with Crippen molar-refractivity contribution in [2.24, 2.45) is 11.8 Å². The molecule has 1 aliphatic carbocycles. The molecule has 1 saturated carbocycles. The van der Waals surface area contributed by atoms with Crippen LogP contribution in [-0.4, -0.2) is 48.8 Å². The number of aryl methyl sites for hydroxylation is 1.